The van der Waals surface area contributed by atoms with Crippen LogP contribution in [-0.2, 0) is 11.3 Å². The number of ether oxygens (including phenoxy) is 1. The number of primary amides is 1. The van der Waals surface area contributed by atoms with Gasteiger partial charge in [-0.15, -0.1) is 0 Å². The molecule has 0 saturated carbocycles. The van der Waals surface area contributed by atoms with E-state index < -0.39 is 0 Å². The second-order valence-electron chi connectivity index (χ2n) is 3.56. The molecule has 1 rings (SSSR count). The predicted molar refractivity (Wildman–Crippen MR) is 63.1 cm³/mol. The molecular weight excluding hydrogens is 204 g/mol. The molecular formula is C12H18N2O2. The molecule has 0 aromatic heterocycles. The summed E-state index contributed by atoms with van der Waals surface area (Å²) in [6, 6.07) is 7.80. The number of amides is 1. The fourth-order valence-electron chi connectivity index (χ4n) is 1.25. The number of hydrogen-bond donors (Lipinski definition) is 2. The monoisotopic (exact) mass is 222 g/mol. The molecule has 4 heteroatoms. The van der Waals surface area contributed by atoms with Crippen LogP contribution in [0.25, 0.3) is 0 Å². The van der Waals surface area contributed by atoms with Gasteiger partial charge in [0, 0.05) is 6.54 Å². The van der Waals surface area contributed by atoms with Crippen LogP contribution in [-0.4, -0.2) is 19.1 Å². The lowest BCUT2D eigenvalue weighted by atomic mass is 10.2. The molecule has 0 aliphatic heterocycles. The lowest BCUT2D eigenvalue weighted by molar-refractivity contribution is -0.117. The van der Waals surface area contributed by atoms with Gasteiger partial charge < -0.3 is 15.8 Å². The fraction of sp³-hybridized carbons (Fsp3) is 0.417. The second kappa shape index (κ2) is 6.85. The predicted octanol–water partition coefficient (Wildman–Crippen LogP) is 1.05. The van der Waals surface area contributed by atoms with E-state index in [1.165, 1.54) is 0 Å². The highest BCUT2D eigenvalue weighted by molar-refractivity contribution is 5.75. The van der Waals surface area contributed by atoms with E-state index in [0.29, 0.717) is 6.54 Å². The summed E-state index contributed by atoms with van der Waals surface area (Å²) >= 11 is 0. The van der Waals surface area contributed by atoms with Crippen LogP contribution in [0.15, 0.2) is 24.3 Å². The van der Waals surface area contributed by atoms with Crippen molar-refractivity contribution in [3.05, 3.63) is 29.8 Å². The summed E-state index contributed by atoms with van der Waals surface area (Å²) in [4.78, 5) is 10.5. The highest BCUT2D eigenvalue weighted by Gasteiger charge is 1.96. The zero-order valence-corrected chi connectivity index (χ0v) is 9.53. The third kappa shape index (κ3) is 4.79. The molecule has 0 spiro atoms. The van der Waals surface area contributed by atoms with Gasteiger partial charge in [0.15, 0.2) is 0 Å². The quantitative estimate of drug-likeness (QED) is 0.724. The average Bonchev–Trinajstić information content (AvgIpc) is 2.27. The Hall–Kier alpha value is -1.55. The standard InChI is InChI=1S/C12H18N2O2/c1-2-7-16-11-5-3-10(4-6-11)8-14-9-12(13)15/h3-6,14H,2,7-9H2,1H3,(H2,13,15). The number of hydrogen-bond acceptors (Lipinski definition) is 3. The van der Waals surface area contributed by atoms with Gasteiger partial charge in [0.1, 0.15) is 5.75 Å². The molecule has 88 valence electrons. The van der Waals surface area contributed by atoms with Crippen molar-refractivity contribution < 1.29 is 9.53 Å². The molecule has 0 fully saturated rings. The van der Waals surface area contributed by atoms with Crippen LogP contribution in [0.2, 0.25) is 0 Å². The van der Waals surface area contributed by atoms with E-state index in [-0.39, 0.29) is 12.5 Å². The minimum atomic E-state index is -0.345. The van der Waals surface area contributed by atoms with Crippen molar-refractivity contribution in [1.82, 2.24) is 5.32 Å². The van der Waals surface area contributed by atoms with Crippen LogP contribution in [0.4, 0.5) is 0 Å². The summed E-state index contributed by atoms with van der Waals surface area (Å²) in [6.07, 6.45) is 1.00. The number of carbonyl (C=O) groups is 1. The van der Waals surface area contributed by atoms with E-state index >= 15 is 0 Å². The van der Waals surface area contributed by atoms with Crippen molar-refractivity contribution in [3.8, 4) is 5.75 Å². The van der Waals surface area contributed by atoms with E-state index in [1.54, 1.807) is 0 Å². The van der Waals surface area contributed by atoms with Crippen molar-refractivity contribution in [2.45, 2.75) is 19.9 Å². The minimum Gasteiger partial charge on any atom is -0.494 e. The van der Waals surface area contributed by atoms with Crippen LogP contribution in [0.3, 0.4) is 0 Å². The number of nitrogens with two attached hydrogens (primary N) is 1. The highest BCUT2D eigenvalue weighted by Crippen LogP contribution is 2.12. The van der Waals surface area contributed by atoms with Gasteiger partial charge in [-0.05, 0) is 24.1 Å². The molecule has 4 nitrogen and oxygen atoms in total. The Balaban J connectivity index is 2.36. The summed E-state index contributed by atoms with van der Waals surface area (Å²) in [6.45, 7) is 3.65. The summed E-state index contributed by atoms with van der Waals surface area (Å²) < 4.78 is 5.46. The molecule has 1 aromatic rings. The molecule has 0 unspecified atom stereocenters. The molecule has 0 heterocycles. The molecule has 0 saturated heterocycles. The normalized spacial score (nSPS) is 10.1. The number of nitrogens with one attached hydrogen (secondary N) is 1. The van der Waals surface area contributed by atoms with E-state index in [9.17, 15) is 4.79 Å². The lowest BCUT2D eigenvalue weighted by Gasteiger charge is -2.06. The zero-order valence-electron chi connectivity index (χ0n) is 9.53. The molecule has 0 radical (unpaired) electrons. The van der Waals surface area contributed by atoms with E-state index in [4.69, 9.17) is 10.5 Å². The number of benzene rings is 1. The Morgan fingerprint density at radius 1 is 1.38 bits per heavy atom. The summed E-state index contributed by atoms with van der Waals surface area (Å²) in [5.74, 6) is 0.531. The second-order valence-corrected chi connectivity index (χ2v) is 3.56. The highest BCUT2D eigenvalue weighted by atomic mass is 16.5. The molecule has 1 amide bonds. The first-order valence-corrected chi connectivity index (χ1v) is 5.43. The maximum atomic E-state index is 10.5. The van der Waals surface area contributed by atoms with Gasteiger partial charge in [0.2, 0.25) is 5.91 Å². The maximum absolute atomic E-state index is 10.5. The van der Waals surface area contributed by atoms with Gasteiger partial charge in [-0.25, -0.2) is 0 Å². The third-order valence-electron chi connectivity index (χ3n) is 2.02. The molecule has 3 N–H and O–H groups in total. The number of rotatable bonds is 7. The summed E-state index contributed by atoms with van der Waals surface area (Å²) in [5.41, 5.74) is 6.12. The molecule has 0 atom stereocenters. The first-order valence-electron chi connectivity index (χ1n) is 5.43. The van der Waals surface area contributed by atoms with Gasteiger partial charge in [-0.3, -0.25) is 4.79 Å². The summed E-state index contributed by atoms with van der Waals surface area (Å²) in [5, 5.41) is 2.95. The van der Waals surface area contributed by atoms with Crippen LogP contribution in [0.1, 0.15) is 18.9 Å². The Labute approximate surface area is 95.8 Å². The van der Waals surface area contributed by atoms with E-state index in [0.717, 1.165) is 24.3 Å². The molecule has 0 aliphatic carbocycles. The van der Waals surface area contributed by atoms with Crippen LogP contribution < -0.4 is 15.8 Å². The fourth-order valence-corrected chi connectivity index (χ4v) is 1.25. The average molecular weight is 222 g/mol. The van der Waals surface area contributed by atoms with Crippen molar-refractivity contribution in [2.75, 3.05) is 13.2 Å². The van der Waals surface area contributed by atoms with Gasteiger partial charge in [-0.1, -0.05) is 19.1 Å². The Morgan fingerprint density at radius 3 is 2.62 bits per heavy atom. The molecule has 16 heavy (non-hydrogen) atoms. The number of carbonyl (C=O) groups excluding carboxylic acids is 1. The Bertz CT molecular complexity index is 322. The smallest absolute Gasteiger partial charge is 0.231 e. The van der Waals surface area contributed by atoms with Crippen LogP contribution in [0, 0.1) is 0 Å². The van der Waals surface area contributed by atoms with Crippen molar-refractivity contribution in [3.63, 3.8) is 0 Å². The van der Waals surface area contributed by atoms with Gasteiger partial charge in [0.05, 0.1) is 13.2 Å². The SMILES string of the molecule is CCCOc1ccc(CNCC(N)=O)cc1. The Kier molecular flexibility index (Phi) is 5.36. The van der Waals surface area contributed by atoms with Gasteiger partial charge >= 0.3 is 0 Å². The van der Waals surface area contributed by atoms with Crippen molar-refractivity contribution in [1.29, 1.82) is 0 Å². The summed E-state index contributed by atoms with van der Waals surface area (Å²) in [7, 11) is 0. The van der Waals surface area contributed by atoms with Gasteiger partial charge in [0.25, 0.3) is 0 Å². The zero-order chi connectivity index (χ0) is 11.8. The lowest BCUT2D eigenvalue weighted by Crippen LogP contribution is -2.28. The minimum absolute atomic E-state index is 0.202. The van der Waals surface area contributed by atoms with E-state index in [1.807, 2.05) is 24.3 Å². The molecule has 0 aliphatic rings. The third-order valence-corrected chi connectivity index (χ3v) is 2.02. The molecule has 1 aromatic carbocycles. The Morgan fingerprint density at radius 2 is 2.06 bits per heavy atom. The van der Waals surface area contributed by atoms with Crippen molar-refractivity contribution in [2.24, 2.45) is 5.73 Å². The van der Waals surface area contributed by atoms with E-state index in [2.05, 4.69) is 12.2 Å². The van der Waals surface area contributed by atoms with Gasteiger partial charge in [-0.2, -0.15) is 0 Å². The van der Waals surface area contributed by atoms with Crippen LogP contribution in [0.5, 0.6) is 5.75 Å². The topological polar surface area (TPSA) is 64.3 Å². The largest absolute Gasteiger partial charge is 0.494 e. The molecule has 0 bridgehead atoms. The first kappa shape index (κ1) is 12.5. The maximum Gasteiger partial charge on any atom is 0.231 e. The van der Waals surface area contributed by atoms with Crippen molar-refractivity contribution >= 4 is 5.91 Å². The van der Waals surface area contributed by atoms with Crippen LogP contribution >= 0.6 is 0 Å². The first-order chi connectivity index (χ1) is 7.72.